The molecule has 0 fully saturated rings. The fourth-order valence-corrected chi connectivity index (χ4v) is 4.71. The Hall–Kier alpha value is -3.95. The zero-order chi connectivity index (χ0) is 24.4. The standard InChI is InChI=1S/C26H22FN5O2S/c1-2-22(33)23-15-30-26(35-23)31-25(34)13-18-3-4-19(11-20(18)27)21-14-29-24-12-17(7-10-32(21)24)16-5-8-28-9-6-16/h3-12,14-15,22,33H,2,13H2,1H3,(H,30,31,34). The molecule has 4 aromatic heterocycles. The number of aromatic nitrogens is 4. The summed E-state index contributed by atoms with van der Waals surface area (Å²) in [5.41, 5.74) is 4.49. The van der Waals surface area contributed by atoms with Crippen LogP contribution in [0.4, 0.5) is 9.52 Å². The number of carbonyl (C=O) groups excluding carboxylic acids is 1. The van der Waals surface area contributed by atoms with Crippen molar-refractivity contribution in [1.29, 1.82) is 0 Å². The van der Waals surface area contributed by atoms with Gasteiger partial charge in [-0.05, 0) is 53.4 Å². The first kappa shape index (κ1) is 22.8. The molecule has 0 aliphatic heterocycles. The largest absolute Gasteiger partial charge is 0.388 e. The van der Waals surface area contributed by atoms with Crippen molar-refractivity contribution in [2.24, 2.45) is 0 Å². The van der Waals surface area contributed by atoms with E-state index in [4.69, 9.17) is 0 Å². The number of hydrogen-bond donors (Lipinski definition) is 2. The highest BCUT2D eigenvalue weighted by Crippen LogP contribution is 2.28. The van der Waals surface area contributed by atoms with Crippen LogP contribution in [0.2, 0.25) is 0 Å². The summed E-state index contributed by atoms with van der Waals surface area (Å²) in [4.78, 5) is 25.8. The highest BCUT2D eigenvalue weighted by atomic mass is 32.1. The van der Waals surface area contributed by atoms with Gasteiger partial charge in [-0.25, -0.2) is 14.4 Å². The number of carbonyl (C=O) groups is 1. The molecule has 176 valence electrons. The van der Waals surface area contributed by atoms with Crippen molar-refractivity contribution in [1.82, 2.24) is 19.4 Å². The molecule has 5 aromatic rings. The molecular formula is C26H22FN5O2S. The van der Waals surface area contributed by atoms with Crippen LogP contribution in [-0.4, -0.2) is 30.4 Å². The summed E-state index contributed by atoms with van der Waals surface area (Å²) in [6.07, 6.45) is 8.47. The molecule has 1 amide bonds. The Balaban J connectivity index is 1.32. The molecule has 0 aliphatic rings. The van der Waals surface area contributed by atoms with Crippen LogP contribution < -0.4 is 5.32 Å². The van der Waals surface area contributed by atoms with E-state index in [0.717, 1.165) is 22.5 Å². The van der Waals surface area contributed by atoms with Gasteiger partial charge >= 0.3 is 0 Å². The summed E-state index contributed by atoms with van der Waals surface area (Å²) in [5, 5.41) is 12.9. The fourth-order valence-electron chi connectivity index (χ4n) is 3.80. The van der Waals surface area contributed by atoms with Gasteiger partial charge in [0, 0.05) is 30.4 Å². The molecule has 7 nitrogen and oxygen atoms in total. The Bertz CT molecular complexity index is 1500. The zero-order valence-corrected chi connectivity index (χ0v) is 19.7. The Morgan fingerprint density at radius 1 is 1.09 bits per heavy atom. The lowest BCUT2D eigenvalue weighted by Gasteiger charge is -2.08. The summed E-state index contributed by atoms with van der Waals surface area (Å²) in [7, 11) is 0. The maximum Gasteiger partial charge on any atom is 0.230 e. The topological polar surface area (TPSA) is 92.4 Å². The van der Waals surface area contributed by atoms with Crippen LogP contribution >= 0.6 is 11.3 Å². The van der Waals surface area contributed by atoms with Gasteiger partial charge in [-0.2, -0.15) is 0 Å². The van der Waals surface area contributed by atoms with Crippen molar-refractivity contribution in [2.75, 3.05) is 5.32 Å². The number of benzene rings is 1. The molecule has 0 saturated heterocycles. The van der Waals surface area contributed by atoms with E-state index in [1.165, 1.54) is 17.4 Å². The van der Waals surface area contributed by atoms with Gasteiger partial charge in [0.25, 0.3) is 0 Å². The fraction of sp³-hybridized carbons (Fsp3) is 0.154. The van der Waals surface area contributed by atoms with E-state index < -0.39 is 11.9 Å². The summed E-state index contributed by atoms with van der Waals surface area (Å²) in [6.45, 7) is 1.86. The van der Waals surface area contributed by atoms with Crippen LogP contribution in [0, 0.1) is 5.82 Å². The van der Waals surface area contributed by atoms with E-state index in [2.05, 4.69) is 20.3 Å². The van der Waals surface area contributed by atoms with E-state index in [9.17, 15) is 14.3 Å². The first-order valence-electron chi connectivity index (χ1n) is 11.1. The second-order valence-corrected chi connectivity index (χ2v) is 9.11. The van der Waals surface area contributed by atoms with Crippen LogP contribution in [0.1, 0.15) is 29.9 Å². The molecule has 1 unspecified atom stereocenters. The predicted octanol–water partition coefficient (Wildman–Crippen LogP) is 5.28. The molecule has 2 N–H and O–H groups in total. The number of fused-ring (bicyclic) bond motifs is 1. The minimum Gasteiger partial charge on any atom is -0.388 e. The van der Waals surface area contributed by atoms with Crippen molar-refractivity contribution < 1.29 is 14.3 Å². The SMILES string of the molecule is CCC(O)c1cnc(NC(=O)Cc2ccc(-c3cnc4cc(-c5ccncc5)ccn34)cc2F)s1. The maximum atomic E-state index is 14.9. The molecule has 1 aromatic carbocycles. The summed E-state index contributed by atoms with van der Waals surface area (Å²) < 4.78 is 16.8. The molecule has 0 radical (unpaired) electrons. The second kappa shape index (κ2) is 9.73. The number of amides is 1. The number of rotatable bonds is 7. The third-order valence-electron chi connectivity index (χ3n) is 5.71. The van der Waals surface area contributed by atoms with Crippen LogP contribution in [0.3, 0.4) is 0 Å². The van der Waals surface area contributed by atoms with Gasteiger partial charge in [0.1, 0.15) is 11.5 Å². The lowest BCUT2D eigenvalue weighted by molar-refractivity contribution is -0.115. The van der Waals surface area contributed by atoms with Gasteiger partial charge in [-0.15, -0.1) is 0 Å². The Kier molecular flexibility index (Phi) is 6.35. The smallest absolute Gasteiger partial charge is 0.230 e. The Labute approximate surface area is 205 Å². The number of pyridine rings is 2. The minimum absolute atomic E-state index is 0.125. The molecule has 0 bridgehead atoms. The third-order valence-corrected chi connectivity index (χ3v) is 6.73. The summed E-state index contributed by atoms with van der Waals surface area (Å²) >= 11 is 1.21. The average Bonchev–Trinajstić information content (AvgIpc) is 3.52. The van der Waals surface area contributed by atoms with E-state index in [1.807, 2.05) is 41.8 Å². The van der Waals surface area contributed by atoms with Crippen molar-refractivity contribution in [3.8, 4) is 22.4 Å². The normalized spacial score (nSPS) is 12.1. The van der Waals surface area contributed by atoms with Crippen LogP contribution in [-0.2, 0) is 11.2 Å². The molecule has 1 atom stereocenters. The van der Waals surface area contributed by atoms with Crippen molar-refractivity contribution in [3.05, 3.63) is 89.7 Å². The number of aliphatic hydroxyl groups is 1. The lowest BCUT2D eigenvalue weighted by Crippen LogP contribution is -2.15. The van der Waals surface area contributed by atoms with Crippen LogP contribution in [0.15, 0.2) is 73.4 Å². The number of thiazole rings is 1. The van der Waals surface area contributed by atoms with Gasteiger partial charge in [-0.3, -0.25) is 14.2 Å². The number of halogens is 1. The molecule has 4 heterocycles. The number of imidazole rings is 1. The van der Waals surface area contributed by atoms with Gasteiger partial charge in [0.05, 0.1) is 29.3 Å². The minimum atomic E-state index is -0.606. The monoisotopic (exact) mass is 487 g/mol. The predicted molar refractivity (Wildman–Crippen MR) is 134 cm³/mol. The summed E-state index contributed by atoms with van der Waals surface area (Å²) in [6, 6.07) is 12.6. The number of anilines is 1. The van der Waals surface area contributed by atoms with Crippen LogP contribution in [0.25, 0.3) is 28.0 Å². The van der Waals surface area contributed by atoms with E-state index in [1.54, 1.807) is 36.9 Å². The molecule has 9 heteroatoms. The molecule has 5 rings (SSSR count). The first-order chi connectivity index (χ1) is 17.0. The number of nitrogens with zero attached hydrogens (tertiary/aromatic N) is 4. The number of hydrogen-bond acceptors (Lipinski definition) is 6. The molecule has 35 heavy (non-hydrogen) atoms. The second-order valence-electron chi connectivity index (χ2n) is 8.05. The number of nitrogens with one attached hydrogen (secondary N) is 1. The molecule has 0 spiro atoms. The highest BCUT2D eigenvalue weighted by Gasteiger charge is 2.15. The van der Waals surface area contributed by atoms with E-state index in [-0.39, 0.29) is 17.9 Å². The number of aliphatic hydroxyl groups excluding tert-OH is 1. The van der Waals surface area contributed by atoms with Crippen molar-refractivity contribution in [3.63, 3.8) is 0 Å². The van der Waals surface area contributed by atoms with Crippen LogP contribution in [0.5, 0.6) is 0 Å². The highest BCUT2D eigenvalue weighted by molar-refractivity contribution is 7.15. The van der Waals surface area contributed by atoms with Gasteiger partial charge in [0.2, 0.25) is 5.91 Å². The van der Waals surface area contributed by atoms with Gasteiger partial charge in [-0.1, -0.05) is 30.4 Å². The quantitative estimate of drug-likeness (QED) is 0.326. The first-order valence-corrected chi connectivity index (χ1v) is 11.9. The van der Waals surface area contributed by atoms with Gasteiger partial charge in [0.15, 0.2) is 5.13 Å². The van der Waals surface area contributed by atoms with Crippen molar-refractivity contribution in [2.45, 2.75) is 25.9 Å². The Morgan fingerprint density at radius 2 is 1.91 bits per heavy atom. The van der Waals surface area contributed by atoms with E-state index >= 15 is 0 Å². The molecule has 0 aliphatic carbocycles. The molecule has 0 saturated carbocycles. The zero-order valence-electron chi connectivity index (χ0n) is 18.9. The molecular weight excluding hydrogens is 465 g/mol. The average molecular weight is 488 g/mol. The van der Waals surface area contributed by atoms with Crippen molar-refractivity contribution >= 4 is 28.0 Å². The maximum absolute atomic E-state index is 14.9. The van der Waals surface area contributed by atoms with E-state index in [0.29, 0.717) is 22.0 Å². The lowest BCUT2D eigenvalue weighted by atomic mass is 10.1. The summed E-state index contributed by atoms with van der Waals surface area (Å²) in [5.74, 6) is -0.843. The Morgan fingerprint density at radius 3 is 2.69 bits per heavy atom. The third kappa shape index (κ3) is 4.82. The van der Waals surface area contributed by atoms with Gasteiger partial charge < -0.3 is 10.4 Å².